The van der Waals surface area contributed by atoms with Crippen LogP contribution in [0.25, 0.3) is 0 Å². The predicted octanol–water partition coefficient (Wildman–Crippen LogP) is -0.160. The SMILES string of the molecule is CNC(C)(CO)CCN(C)CCN(C)C. The van der Waals surface area contributed by atoms with Crippen LogP contribution in [0.15, 0.2) is 0 Å². The Balaban J connectivity index is 3.73. The quantitative estimate of drug-likeness (QED) is 0.593. The maximum Gasteiger partial charge on any atom is 0.0610 e. The normalized spacial score (nSPS) is 16.0. The molecule has 0 aromatic rings. The Morgan fingerprint density at radius 2 is 1.73 bits per heavy atom. The van der Waals surface area contributed by atoms with Crippen LogP contribution >= 0.6 is 0 Å². The largest absolute Gasteiger partial charge is 0.394 e. The summed E-state index contributed by atoms with van der Waals surface area (Å²) >= 11 is 0. The summed E-state index contributed by atoms with van der Waals surface area (Å²) in [5, 5.41) is 12.4. The van der Waals surface area contributed by atoms with Gasteiger partial charge in [-0.1, -0.05) is 0 Å². The molecule has 0 saturated carbocycles. The summed E-state index contributed by atoms with van der Waals surface area (Å²) in [6.07, 6.45) is 0.962. The third-order valence-corrected chi connectivity index (χ3v) is 2.93. The summed E-state index contributed by atoms with van der Waals surface area (Å²) in [5.74, 6) is 0. The summed E-state index contributed by atoms with van der Waals surface area (Å²) in [5.41, 5.74) is -0.146. The molecule has 2 N–H and O–H groups in total. The number of hydrogen-bond donors (Lipinski definition) is 2. The molecule has 0 aliphatic rings. The zero-order chi connectivity index (χ0) is 11.9. The molecule has 0 radical (unpaired) electrons. The zero-order valence-corrected chi connectivity index (χ0v) is 10.9. The highest BCUT2D eigenvalue weighted by atomic mass is 16.3. The third kappa shape index (κ3) is 6.84. The van der Waals surface area contributed by atoms with E-state index in [1.54, 1.807) is 0 Å². The van der Waals surface area contributed by atoms with Crippen LogP contribution in [-0.4, -0.2) is 74.9 Å². The summed E-state index contributed by atoms with van der Waals surface area (Å²) < 4.78 is 0. The van der Waals surface area contributed by atoms with Crippen LogP contribution in [0.5, 0.6) is 0 Å². The Bertz CT molecular complexity index is 158. The molecule has 0 bridgehead atoms. The van der Waals surface area contributed by atoms with Gasteiger partial charge < -0.3 is 20.2 Å². The number of rotatable bonds is 8. The molecular weight excluding hydrogens is 190 g/mol. The van der Waals surface area contributed by atoms with E-state index in [4.69, 9.17) is 0 Å². The second-order valence-corrected chi connectivity index (χ2v) is 4.83. The Morgan fingerprint density at radius 1 is 1.13 bits per heavy atom. The fourth-order valence-corrected chi connectivity index (χ4v) is 1.20. The summed E-state index contributed by atoms with van der Waals surface area (Å²) in [7, 11) is 8.19. The van der Waals surface area contributed by atoms with Crippen LogP contribution in [0.1, 0.15) is 13.3 Å². The molecule has 0 aromatic heterocycles. The molecule has 0 aliphatic carbocycles. The van der Waals surface area contributed by atoms with Crippen molar-refractivity contribution in [3.05, 3.63) is 0 Å². The molecule has 4 heteroatoms. The molecule has 0 heterocycles. The van der Waals surface area contributed by atoms with Gasteiger partial charge in [0, 0.05) is 18.6 Å². The maximum atomic E-state index is 9.23. The van der Waals surface area contributed by atoms with E-state index >= 15 is 0 Å². The van der Waals surface area contributed by atoms with Gasteiger partial charge in [-0.2, -0.15) is 0 Å². The van der Waals surface area contributed by atoms with E-state index in [9.17, 15) is 5.11 Å². The van der Waals surface area contributed by atoms with E-state index in [0.29, 0.717) is 0 Å². The molecule has 1 atom stereocenters. The zero-order valence-electron chi connectivity index (χ0n) is 10.9. The molecule has 15 heavy (non-hydrogen) atoms. The van der Waals surface area contributed by atoms with Crippen LogP contribution in [-0.2, 0) is 0 Å². The van der Waals surface area contributed by atoms with Gasteiger partial charge in [0.2, 0.25) is 0 Å². The van der Waals surface area contributed by atoms with Gasteiger partial charge in [0.1, 0.15) is 0 Å². The average Bonchev–Trinajstić information content (AvgIpc) is 2.23. The molecule has 0 saturated heterocycles. The van der Waals surface area contributed by atoms with Gasteiger partial charge in [0.15, 0.2) is 0 Å². The lowest BCUT2D eigenvalue weighted by molar-refractivity contribution is 0.156. The molecular formula is C11H27N3O. The lowest BCUT2D eigenvalue weighted by Gasteiger charge is -2.29. The number of aliphatic hydroxyl groups is 1. The topological polar surface area (TPSA) is 38.7 Å². The van der Waals surface area contributed by atoms with Gasteiger partial charge >= 0.3 is 0 Å². The van der Waals surface area contributed by atoms with Crippen molar-refractivity contribution in [2.24, 2.45) is 0 Å². The van der Waals surface area contributed by atoms with Crippen molar-refractivity contribution in [1.82, 2.24) is 15.1 Å². The fourth-order valence-electron chi connectivity index (χ4n) is 1.20. The molecule has 0 amide bonds. The number of likely N-dealkylation sites (N-methyl/N-ethyl adjacent to an activating group) is 3. The van der Waals surface area contributed by atoms with E-state index in [2.05, 4.69) is 36.3 Å². The standard InChI is InChI=1S/C11H27N3O/c1-11(10-15,12-2)6-7-14(5)9-8-13(3)4/h12,15H,6-10H2,1-5H3. The van der Waals surface area contributed by atoms with Gasteiger partial charge in [-0.15, -0.1) is 0 Å². The maximum absolute atomic E-state index is 9.23. The number of hydrogen-bond acceptors (Lipinski definition) is 4. The van der Waals surface area contributed by atoms with E-state index in [-0.39, 0.29) is 12.1 Å². The highest BCUT2D eigenvalue weighted by Crippen LogP contribution is 2.08. The molecule has 1 unspecified atom stereocenters. The van der Waals surface area contributed by atoms with Gasteiger partial charge in [-0.05, 0) is 48.1 Å². The van der Waals surface area contributed by atoms with Gasteiger partial charge in [0.25, 0.3) is 0 Å². The summed E-state index contributed by atoms with van der Waals surface area (Å²) in [4.78, 5) is 4.48. The number of nitrogens with one attached hydrogen (secondary N) is 1. The van der Waals surface area contributed by atoms with E-state index in [1.807, 2.05) is 14.0 Å². The van der Waals surface area contributed by atoms with Gasteiger partial charge in [-0.25, -0.2) is 0 Å². The van der Waals surface area contributed by atoms with Crippen LogP contribution in [0.2, 0.25) is 0 Å². The minimum absolute atomic E-state index is 0.146. The minimum atomic E-state index is -0.146. The van der Waals surface area contributed by atoms with Gasteiger partial charge in [0.05, 0.1) is 6.61 Å². The smallest absolute Gasteiger partial charge is 0.0610 e. The van der Waals surface area contributed by atoms with Crippen molar-refractivity contribution in [3.8, 4) is 0 Å². The Hall–Kier alpha value is -0.160. The van der Waals surface area contributed by atoms with Crippen molar-refractivity contribution >= 4 is 0 Å². The summed E-state index contributed by atoms with van der Waals surface area (Å²) in [6, 6.07) is 0. The van der Waals surface area contributed by atoms with Crippen molar-refractivity contribution in [2.75, 3.05) is 54.4 Å². The molecule has 4 nitrogen and oxygen atoms in total. The van der Waals surface area contributed by atoms with E-state index in [1.165, 1.54) is 0 Å². The predicted molar refractivity (Wildman–Crippen MR) is 65.2 cm³/mol. The van der Waals surface area contributed by atoms with Crippen LogP contribution < -0.4 is 5.32 Å². The molecule has 0 aliphatic heterocycles. The first-order valence-corrected chi connectivity index (χ1v) is 5.56. The first-order valence-electron chi connectivity index (χ1n) is 5.56. The van der Waals surface area contributed by atoms with E-state index in [0.717, 1.165) is 26.1 Å². The lowest BCUT2D eigenvalue weighted by Crippen LogP contribution is -2.46. The van der Waals surface area contributed by atoms with Crippen molar-refractivity contribution < 1.29 is 5.11 Å². The number of nitrogens with zero attached hydrogens (tertiary/aromatic N) is 2. The molecule has 0 rings (SSSR count). The lowest BCUT2D eigenvalue weighted by atomic mass is 9.99. The number of aliphatic hydroxyl groups excluding tert-OH is 1. The monoisotopic (exact) mass is 217 g/mol. The van der Waals surface area contributed by atoms with Gasteiger partial charge in [-0.3, -0.25) is 0 Å². The Morgan fingerprint density at radius 3 is 2.13 bits per heavy atom. The second kappa shape index (κ2) is 7.17. The van der Waals surface area contributed by atoms with Crippen LogP contribution in [0, 0.1) is 0 Å². The van der Waals surface area contributed by atoms with E-state index < -0.39 is 0 Å². The van der Waals surface area contributed by atoms with Crippen molar-refractivity contribution in [3.63, 3.8) is 0 Å². The van der Waals surface area contributed by atoms with Crippen LogP contribution in [0.4, 0.5) is 0 Å². The first-order chi connectivity index (χ1) is 6.93. The Labute approximate surface area is 94.3 Å². The highest BCUT2D eigenvalue weighted by Gasteiger charge is 2.20. The van der Waals surface area contributed by atoms with Crippen molar-refractivity contribution in [1.29, 1.82) is 0 Å². The third-order valence-electron chi connectivity index (χ3n) is 2.93. The second-order valence-electron chi connectivity index (χ2n) is 4.83. The molecule has 0 aromatic carbocycles. The highest BCUT2D eigenvalue weighted by molar-refractivity contribution is 4.81. The molecule has 0 spiro atoms. The average molecular weight is 217 g/mol. The fraction of sp³-hybridized carbons (Fsp3) is 1.00. The Kier molecular flexibility index (Phi) is 7.09. The van der Waals surface area contributed by atoms with Crippen molar-refractivity contribution in [2.45, 2.75) is 18.9 Å². The molecule has 92 valence electrons. The minimum Gasteiger partial charge on any atom is -0.394 e. The van der Waals surface area contributed by atoms with Crippen LogP contribution in [0.3, 0.4) is 0 Å². The first kappa shape index (κ1) is 14.8. The molecule has 0 fully saturated rings. The summed E-state index contributed by atoms with van der Waals surface area (Å²) in [6.45, 7) is 5.38.